The van der Waals surface area contributed by atoms with Gasteiger partial charge < -0.3 is 16.3 Å². The summed E-state index contributed by atoms with van der Waals surface area (Å²) in [5.74, 6) is -1.33. The summed E-state index contributed by atoms with van der Waals surface area (Å²) >= 11 is 4.54. The van der Waals surface area contributed by atoms with Gasteiger partial charge in [0.25, 0.3) is 5.91 Å². The first-order valence-electron chi connectivity index (χ1n) is 5.35. The summed E-state index contributed by atoms with van der Waals surface area (Å²) in [4.78, 5) is 12.4. The van der Waals surface area contributed by atoms with Gasteiger partial charge in [-0.25, -0.2) is 4.39 Å². The zero-order valence-corrected chi connectivity index (χ0v) is 12.3. The molecule has 0 unspecified atom stereocenters. The molecule has 0 saturated carbocycles. The van der Waals surface area contributed by atoms with Crippen LogP contribution in [0.4, 0.5) is 10.1 Å². The molecule has 0 bridgehead atoms. The Labute approximate surface area is 126 Å². The fraction of sp³-hybridized carbons (Fsp3) is 0. The molecule has 104 valence electrons. The third-order valence-electron chi connectivity index (χ3n) is 2.40. The number of benzene rings is 1. The van der Waals surface area contributed by atoms with Crippen LogP contribution in [-0.4, -0.2) is 17.0 Å². The highest BCUT2D eigenvalue weighted by Gasteiger charge is 2.12. The number of rotatable bonds is 3. The van der Waals surface area contributed by atoms with Crippen LogP contribution >= 0.6 is 27.3 Å². The van der Waals surface area contributed by atoms with Crippen LogP contribution in [0.1, 0.15) is 15.2 Å². The SMILES string of the molecule is NC(=NO)c1cc(NC(=O)c2ccc(Br)s2)ccc1F. The highest BCUT2D eigenvalue weighted by Crippen LogP contribution is 2.23. The summed E-state index contributed by atoms with van der Waals surface area (Å²) in [6.07, 6.45) is 0. The van der Waals surface area contributed by atoms with E-state index in [2.05, 4.69) is 26.4 Å². The zero-order valence-electron chi connectivity index (χ0n) is 9.93. The first kappa shape index (κ1) is 14.5. The minimum absolute atomic E-state index is 0.0855. The normalized spacial score (nSPS) is 11.4. The third-order valence-corrected chi connectivity index (χ3v) is 4.03. The highest BCUT2D eigenvalue weighted by atomic mass is 79.9. The molecule has 1 aromatic heterocycles. The summed E-state index contributed by atoms with van der Waals surface area (Å²) in [6, 6.07) is 7.24. The molecule has 1 heterocycles. The minimum atomic E-state index is -0.642. The van der Waals surface area contributed by atoms with Gasteiger partial charge in [-0.05, 0) is 46.3 Å². The molecule has 0 aliphatic heterocycles. The number of amides is 1. The van der Waals surface area contributed by atoms with Gasteiger partial charge in [0, 0.05) is 5.69 Å². The summed E-state index contributed by atoms with van der Waals surface area (Å²) in [6.45, 7) is 0. The molecule has 0 atom stereocenters. The number of nitrogens with two attached hydrogens (primary N) is 1. The fourth-order valence-electron chi connectivity index (χ4n) is 1.48. The van der Waals surface area contributed by atoms with Crippen molar-refractivity contribution < 1.29 is 14.4 Å². The smallest absolute Gasteiger partial charge is 0.265 e. The molecule has 0 aliphatic rings. The van der Waals surface area contributed by atoms with Crippen molar-refractivity contribution in [3.8, 4) is 0 Å². The van der Waals surface area contributed by atoms with E-state index >= 15 is 0 Å². The van der Waals surface area contributed by atoms with Crippen LogP contribution in [0, 0.1) is 5.82 Å². The molecule has 4 N–H and O–H groups in total. The number of oxime groups is 1. The van der Waals surface area contributed by atoms with E-state index in [-0.39, 0.29) is 17.3 Å². The second kappa shape index (κ2) is 6.02. The van der Waals surface area contributed by atoms with Gasteiger partial charge in [0.2, 0.25) is 0 Å². The molecule has 0 spiro atoms. The maximum Gasteiger partial charge on any atom is 0.265 e. The summed E-state index contributed by atoms with van der Waals surface area (Å²) < 4.78 is 14.3. The molecule has 5 nitrogen and oxygen atoms in total. The van der Waals surface area contributed by atoms with Crippen LogP contribution in [0.2, 0.25) is 0 Å². The van der Waals surface area contributed by atoms with Crippen molar-refractivity contribution >= 4 is 44.7 Å². The number of halogens is 2. The fourth-order valence-corrected chi connectivity index (χ4v) is 2.76. The third kappa shape index (κ3) is 3.14. The molecule has 0 radical (unpaired) electrons. The van der Waals surface area contributed by atoms with Crippen LogP contribution in [0.5, 0.6) is 0 Å². The van der Waals surface area contributed by atoms with Crippen molar-refractivity contribution in [2.75, 3.05) is 5.32 Å². The van der Waals surface area contributed by atoms with Crippen molar-refractivity contribution in [3.63, 3.8) is 0 Å². The average molecular weight is 358 g/mol. The lowest BCUT2D eigenvalue weighted by Gasteiger charge is -2.07. The zero-order chi connectivity index (χ0) is 14.7. The Kier molecular flexibility index (Phi) is 4.35. The summed E-state index contributed by atoms with van der Waals surface area (Å²) in [7, 11) is 0. The van der Waals surface area contributed by atoms with E-state index in [0.29, 0.717) is 10.6 Å². The second-order valence-electron chi connectivity index (χ2n) is 3.74. The number of carbonyl (C=O) groups excluding carboxylic acids is 1. The van der Waals surface area contributed by atoms with E-state index in [1.807, 2.05) is 0 Å². The van der Waals surface area contributed by atoms with Gasteiger partial charge >= 0.3 is 0 Å². The van der Waals surface area contributed by atoms with Gasteiger partial charge in [-0.1, -0.05) is 5.16 Å². The van der Waals surface area contributed by atoms with E-state index in [0.717, 1.165) is 9.85 Å². The van der Waals surface area contributed by atoms with Crippen LogP contribution in [-0.2, 0) is 0 Å². The second-order valence-corrected chi connectivity index (χ2v) is 6.20. The Balaban J connectivity index is 2.24. The molecular weight excluding hydrogens is 349 g/mol. The topological polar surface area (TPSA) is 87.7 Å². The lowest BCUT2D eigenvalue weighted by atomic mass is 10.1. The van der Waals surface area contributed by atoms with E-state index in [1.165, 1.54) is 23.5 Å². The standard InChI is InChI=1S/C12H9BrFN3O2S/c13-10-4-3-9(20-10)12(18)16-6-1-2-8(14)7(5-6)11(15)17-19/h1-5,19H,(H2,15,17)(H,16,18). The van der Waals surface area contributed by atoms with Gasteiger partial charge in [0.15, 0.2) is 5.84 Å². The number of anilines is 1. The van der Waals surface area contributed by atoms with E-state index in [9.17, 15) is 9.18 Å². The van der Waals surface area contributed by atoms with Crippen molar-refractivity contribution in [1.82, 2.24) is 0 Å². The number of carbonyl (C=O) groups is 1. The van der Waals surface area contributed by atoms with Crippen molar-refractivity contribution in [1.29, 1.82) is 0 Å². The lowest BCUT2D eigenvalue weighted by Crippen LogP contribution is -2.16. The quantitative estimate of drug-likeness (QED) is 0.341. The number of hydrogen-bond donors (Lipinski definition) is 3. The predicted molar refractivity (Wildman–Crippen MR) is 78.9 cm³/mol. The monoisotopic (exact) mass is 357 g/mol. The number of amidine groups is 1. The number of nitrogens with zero attached hydrogens (tertiary/aromatic N) is 1. The molecule has 20 heavy (non-hydrogen) atoms. The number of nitrogens with one attached hydrogen (secondary N) is 1. The maximum atomic E-state index is 13.5. The predicted octanol–water partition coefficient (Wildman–Crippen LogP) is 3.00. The van der Waals surface area contributed by atoms with Gasteiger partial charge in [-0.3, -0.25) is 4.79 Å². The van der Waals surface area contributed by atoms with E-state index < -0.39 is 5.82 Å². The summed E-state index contributed by atoms with van der Waals surface area (Å²) in [5, 5.41) is 13.9. The molecular formula is C12H9BrFN3O2S. The Morgan fingerprint density at radius 1 is 1.40 bits per heavy atom. The van der Waals surface area contributed by atoms with Crippen LogP contribution in [0.15, 0.2) is 39.3 Å². The van der Waals surface area contributed by atoms with Crippen LogP contribution in [0.3, 0.4) is 0 Å². The maximum absolute atomic E-state index is 13.5. The first-order chi connectivity index (χ1) is 9.51. The molecule has 0 aliphatic carbocycles. The highest BCUT2D eigenvalue weighted by molar-refractivity contribution is 9.11. The molecule has 0 saturated heterocycles. The lowest BCUT2D eigenvalue weighted by molar-refractivity contribution is 0.103. The van der Waals surface area contributed by atoms with Crippen molar-refractivity contribution in [3.05, 3.63) is 50.4 Å². The Morgan fingerprint density at radius 2 is 2.15 bits per heavy atom. The first-order valence-corrected chi connectivity index (χ1v) is 6.96. The number of thiophene rings is 1. The van der Waals surface area contributed by atoms with Gasteiger partial charge in [0.05, 0.1) is 14.2 Å². The van der Waals surface area contributed by atoms with Crippen molar-refractivity contribution in [2.24, 2.45) is 10.9 Å². The molecule has 1 amide bonds. The van der Waals surface area contributed by atoms with Gasteiger partial charge in [0.1, 0.15) is 5.82 Å². The van der Waals surface area contributed by atoms with Crippen LogP contribution in [0.25, 0.3) is 0 Å². The Bertz CT molecular complexity index is 687. The minimum Gasteiger partial charge on any atom is -0.409 e. The van der Waals surface area contributed by atoms with Crippen molar-refractivity contribution in [2.45, 2.75) is 0 Å². The van der Waals surface area contributed by atoms with Gasteiger partial charge in [-0.15, -0.1) is 11.3 Å². The molecule has 0 fully saturated rings. The van der Waals surface area contributed by atoms with Gasteiger partial charge in [-0.2, -0.15) is 0 Å². The van der Waals surface area contributed by atoms with E-state index in [4.69, 9.17) is 10.9 Å². The molecule has 8 heteroatoms. The summed E-state index contributed by atoms with van der Waals surface area (Å²) in [5.41, 5.74) is 5.62. The van der Waals surface area contributed by atoms with Crippen LogP contribution < -0.4 is 11.1 Å². The average Bonchev–Trinajstić information content (AvgIpc) is 2.87. The molecule has 2 aromatic rings. The largest absolute Gasteiger partial charge is 0.409 e. The van der Waals surface area contributed by atoms with E-state index in [1.54, 1.807) is 12.1 Å². The molecule has 1 aromatic carbocycles. The molecule has 2 rings (SSSR count). The number of hydrogen-bond acceptors (Lipinski definition) is 4. The Morgan fingerprint density at radius 3 is 2.75 bits per heavy atom. The Hall–Kier alpha value is -1.93.